The number of halogens is 3. The molecule has 0 radical (unpaired) electrons. The van der Waals surface area contributed by atoms with Crippen LogP contribution in [0.5, 0.6) is 5.88 Å². The SMILES string of the molecule is COc1cccc([B-](F)(F)F)n1. The van der Waals surface area contributed by atoms with Crippen LogP contribution in [0.3, 0.4) is 0 Å². The van der Waals surface area contributed by atoms with E-state index >= 15 is 0 Å². The molecule has 2 nitrogen and oxygen atoms in total. The summed E-state index contributed by atoms with van der Waals surface area (Å²) in [5.41, 5.74) is -0.880. The molecule has 0 aliphatic rings. The average Bonchev–Trinajstić information content (AvgIpc) is 2.03. The number of nitrogens with zero attached hydrogens (tertiary/aromatic N) is 1. The zero-order chi connectivity index (χ0) is 9.19. The van der Waals surface area contributed by atoms with Gasteiger partial charge in [-0.2, -0.15) is 0 Å². The van der Waals surface area contributed by atoms with Gasteiger partial charge in [0.15, 0.2) is 0 Å². The van der Waals surface area contributed by atoms with Gasteiger partial charge >= 0.3 is 6.98 Å². The summed E-state index contributed by atoms with van der Waals surface area (Å²) in [5.74, 6) is -0.0216. The highest BCUT2D eigenvalue weighted by atomic mass is 19.4. The lowest BCUT2D eigenvalue weighted by atomic mass is 9.86. The number of pyridine rings is 1. The average molecular weight is 176 g/mol. The van der Waals surface area contributed by atoms with Crippen LogP contribution in [-0.4, -0.2) is 19.1 Å². The normalized spacial score (nSPS) is 11.3. The number of ether oxygens (including phenoxy) is 1. The second-order valence-electron chi connectivity index (χ2n) is 2.18. The molecule has 0 saturated heterocycles. The zero-order valence-electron chi connectivity index (χ0n) is 6.30. The van der Waals surface area contributed by atoms with E-state index in [0.717, 1.165) is 6.07 Å². The Bertz CT molecular complexity index is 276. The second kappa shape index (κ2) is 3.04. The van der Waals surface area contributed by atoms with Gasteiger partial charge < -0.3 is 17.7 Å². The number of aromatic nitrogens is 1. The van der Waals surface area contributed by atoms with Gasteiger partial charge in [-0.1, -0.05) is 12.1 Å². The smallest absolute Gasteiger partial charge is 0.481 e. The Kier molecular flexibility index (Phi) is 2.26. The van der Waals surface area contributed by atoms with Crippen LogP contribution in [0.1, 0.15) is 0 Å². The fraction of sp³-hybridized carbons (Fsp3) is 0.167. The predicted molar refractivity (Wildman–Crippen MR) is 39.5 cm³/mol. The van der Waals surface area contributed by atoms with E-state index < -0.39 is 12.6 Å². The monoisotopic (exact) mass is 176 g/mol. The molecule has 6 heteroatoms. The van der Waals surface area contributed by atoms with Crippen LogP contribution in [0.2, 0.25) is 0 Å². The first kappa shape index (κ1) is 8.90. The summed E-state index contributed by atoms with van der Waals surface area (Å²) < 4.78 is 40.7. The lowest BCUT2D eigenvalue weighted by molar-refractivity contribution is 0.397. The number of hydrogen-bond donors (Lipinski definition) is 0. The molecule has 12 heavy (non-hydrogen) atoms. The zero-order valence-corrected chi connectivity index (χ0v) is 6.30. The maximum absolute atomic E-state index is 12.0. The van der Waals surface area contributed by atoms with Crippen molar-refractivity contribution in [3.8, 4) is 5.88 Å². The summed E-state index contributed by atoms with van der Waals surface area (Å²) >= 11 is 0. The lowest BCUT2D eigenvalue weighted by Gasteiger charge is -2.13. The molecule has 1 heterocycles. The summed E-state index contributed by atoms with van der Waals surface area (Å²) in [6.07, 6.45) is 0. The third-order valence-electron chi connectivity index (χ3n) is 1.29. The van der Waals surface area contributed by atoms with Crippen molar-refractivity contribution in [1.82, 2.24) is 4.98 Å². The maximum atomic E-state index is 12.0. The van der Waals surface area contributed by atoms with Gasteiger partial charge in [-0.15, -0.1) is 0 Å². The van der Waals surface area contributed by atoms with Crippen molar-refractivity contribution >= 4 is 12.6 Å². The molecule has 0 aromatic carbocycles. The molecule has 1 aromatic rings. The van der Waals surface area contributed by atoms with Crippen LogP contribution >= 0.6 is 0 Å². The Morgan fingerprint density at radius 1 is 1.33 bits per heavy atom. The number of hydrogen-bond acceptors (Lipinski definition) is 2. The topological polar surface area (TPSA) is 22.1 Å². The molecule has 0 aliphatic carbocycles. The molecule has 1 aromatic heterocycles. The van der Waals surface area contributed by atoms with Crippen LogP contribution in [0.15, 0.2) is 18.2 Å². The van der Waals surface area contributed by atoms with Crippen LogP contribution in [-0.2, 0) is 0 Å². The quantitative estimate of drug-likeness (QED) is 0.630. The Balaban J connectivity index is 3.02. The standard InChI is InChI=1S/C6H6BF3NO/c1-12-6-4-2-3-5(11-6)7(8,9)10/h2-4H,1H3/q-1. The van der Waals surface area contributed by atoms with Crippen molar-refractivity contribution in [3.63, 3.8) is 0 Å². The van der Waals surface area contributed by atoms with Crippen LogP contribution in [0.4, 0.5) is 12.9 Å². The van der Waals surface area contributed by atoms with E-state index in [1.165, 1.54) is 19.2 Å². The first-order valence-corrected chi connectivity index (χ1v) is 3.25. The summed E-state index contributed by atoms with van der Waals surface area (Å²) in [5, 5.41) is 0. The Morgan fingerprint density at radius 2 is 2.00 bits per heavy atom. The van der Waals surface area contributed by atoms with E-state index in [0.29, 0.717) is 0 Å². The fourth-order valence-electron chi connectivity index (χ4n) is 0.727. The molecule has 0 fully saturated rings. The minimum Gasteiger partial charge on any atom is -0.481 e. The maximum Gasteiger partial charge on any atom is 0.527 e. The Morgan fingerprint density at radius 3 is 2.50 bits per heavy atom. The van der Waals surface area contributed by atoms with E-state index in [9.17, 15) is 12.9 Å². The van der Waals surface area contributed by atoms with Crippen LogP contribution < -0.4 is 10.3 Å². The van der Waals surface area contributed by atoms with Gasteiger partial charge in [0.25, 0.3) is 0 Å². The summed E-state index contributed by atoms with van der Waals surface area (Å²) in [7, 11) is 1.27. The third-order valence-corrected chi connectivity index (χ3v) is 1.29. The van der Waals surface area contributed by atoms with E-state index in [1.807, 2.05) is 0 Å². The number of rotatable bonds is 2. The summed E-state index contributed by atoms with van der Waals surface area (Å²) in [6.45, 7) is -5.02. The Labute approximate surface area is 67.4 Å². The molecule has 66 valence electrons. The first-order valence-electron chi connectivity index (χ1n) is 3.25. The molecule has 0 bridgehead atoms. The Hall–Kier alpha value is -1.20. The summed E-state index contributed by atoms with van der Waals surface area (Å²) in [6, 6.07) is 3.55. The minimum absolute atomic E-state index is 0.0216. The van der Waals surface area contributed by atoms with Crippen molar-refractivity contribution < 1.29 is 17.7 Å². The van der Waals surface area contributed by atoms with Crippen molar-refractivity contribution in [2.24, 2.45) is 0 Å². The van der Waals surface area contributed by atoms with Gasteiger partial charge in [-0.25, -0.2) is 0 Å². The van der Waals surface area contributed by atoms with Gasteiger partial charge in [0.2, 0.25) is 5.88 Å². The molecular formula is C6H6BF3NO-. The highest BCUT2D eigenvalue weighted by Gasteiger charge is 2.27. The summed E-state index contributed by atoms with van der Waals surface area (Å²) in [4.78, 5) is 3.24. The minimum atomic E-state index is -5.02. The van der Waals surface area contributed by atoms with Crippen molar-refractivity contribution in [3.05, 3.63) is 18.2 Å². The molecule has 0 N–H and O–H groups in total. The molecule has 0 atom stereocenters. The highest BCUT2D eigenvalue weighted by molar-refractivity contribution is 6.72. The largest absolute Gasteiger partial charge is 0.527 e. The van der Waals surface area contributed by atoms with Crippen LogP contribution in [0, 0.1) is 0 Å². The van der Waals surface area contributed by atoms with Crippen LogP contribution in [0.25, 0.3) is 0 Å². The molecule has 1 rings (SSSR count). The second-order valence-corrected chi connectivity index (χ2v) is 2.18. The van der Waals surface area contributed by atoms with E-state index in [2.05, 4.69) is 9.72 Å². The van der Waals surface area contributed by atoms with E-state index in [1.54, 1.807) is 0 Å². The van der Waals surface area contributed by atoms with Gasteiger partial charge in [-0.3, -0.25) is 4.98 Å². The van der Waals surface area contributed by atoms with Gasteiger partial charge in [0.05, 0.1) is 7.11 Å². The van der Waals surface area contributed by atoms with Gasteiger partial charge in [-0.05, 0) is 5.59 Å². The first-order chi connectivity index (χ1) is 5.54. The fourth-order valence-corrected chi connectivity index (χ4v) is 0.727. The molecule has 0 spiro atoms. The van der Waals surface area contributed by atoms with Gasteiger partial charge in [0.1, 0.15) is 0 Å². The highest BCUT2D eigenvalue weighted by Crippen LogP contribution is 2.09. The van der Waals surface area contributed by atoms with E-state index in [-0.39, 0.29) is 5.88 Å². The van der Waals surface area contributed by atoms with Crippen molar-refractivity contribution in [2.45, 2.75) is 0 Å². The molecule has 0 amide bonds. The molecule has 0 aliphatic heterocycles. The van der Waals surface area contributed by atoms with E-state index in [4.69, 9.17) is 0 Å². The number of methoxy groups -OCH3 is 1. The van der Waals surface area contributed by atoms with Crippen molar-refractivity contribution in [1.29, 1.82) is 0 Å². The van der Waals surface area contributed by atoms with Gasteiger partial charge in [0, 0.05) is 6.07 Å². The lowest BCUT2D eigenvalue weighted by Crippen LogP contribution is -2.36. The predicted octanol–water partition coefficient (Wildman–Crippen LogP) is 1.14. The molecule has 0 unspecified atom stereocenters. The molecule has 0 saturated carbocycles. The third kappa shape index (κ3) is 1.90. The molecular weight excluding hydrogens is 170 g/mol. The van der Waals surface area contributed by atoms with Crippen molar-refractivity contribution in [2.75, 3.05) is 7.11 Å².